The Morgan fingerprint density at radius 2 is 2.07 bits per heavy atom. The molecule has 1 aliphatic carbocycles. The Morgan fingerprint density at radius 3 is 2.93 bits per heavy atom. The fraction of sp³-hybridized carbons (Fsp3) is 0.571. The van der Waals surface area contributed by atoms with E-state index in [0.29, 0.717) is 0 Å². The predicted octanol–water partition coefficient (Wildman–Crippen LogP) is 2.72. The molecule has 1 aliphatic heterocycles. The summed E-state index contributed by atoms with van der Waals surface area (Å²) in [4.78, 5) is 0. The molecular weight excluding hydrogens is 182 g/mol. The predicted molar refractivity (Wildman–Crippen MR) is 63.1 cm³/mol. The van der Waals surface area contributed by atoms with E-state index in [1.54, 1.807) is 11.1 Å². The second-order valence-electron chi connectivity index (χ2n) is 4.95. The van der Waals surface area contributed by atoms with Crippen LogP contribution in [0.25, 0.3) is 0 Å². The normalized spacial score (nSPS) is 30.1. The molecule has 0 bridgehead atoms. The standard InChI is InChI=1S/C14H19N/c1-2-6-13-11(4-1)5-3-7-14(13)12-8-9-15-10-12/h1-2,4,6,12,14-15H,3,5,7-10H2. The molecule has 2 aliphatic rings. The van der Waals surface area contributed by atoms with E-state index in [9.17, 15) is 0 Å². The van der Waals surface area contributed by atoms with Crippen LogP contribution in [-0.2, 0) is 6.42 Å². The summed E-state index contributed by atoms with van der Waals surface area (Å²) in [6.45, 7) is 2.46. The van der Waals surface area contributed by atoms with Crippen LogP contribution in [0.3, 0.4) is 0 Å². The summed E-state index contributed by atoms with van der Waals surface area (Å²) < 4.78 is 0. The van der Waals surface area contributed by atoms with E-state index in [1.807, 2.05) is 0 Å². The molecule has 1 saturated heterocycles. The van der Waals surface area contributed by atoms with E-state index in [1.165, 1.54) is 38.8 Å². The van der Waals surface area contributed by atoms with Crippen molar-refractivity contribution in [3.05, 3.63) is 35.4 Å². The lowest BCUT2D eigenvalue weighted by molar-refractivity contribution is 0.405. The van der Waals surface area contributed by atoms with Crippen molar-refractivity contribution in [1.29, 1.82) is 0 Å². The smallest absolute Gasteiger partial charge is 0.00142 e. The molecule has 3 rings (SSSR count). The van der Waals surface area contributed by atoms with E-state index >= 15 is 0 Å². The van der Waals surface area contributed by atoms with Gasteiger partial charge in [-0.15, -0.1) is 0 Å². The third-order valence-corrected chi connectivity index (χ3v) is 4.08. The molecular formula is C14H19N. The van der Waals surface area contributed by atoms with Crippen molar-refractivity contribution in [2.45, 2.75) is 31.6 Å². The molecule has 1 fully saturated rings. The molecule has 0 aromatic heterocycles. The van der Waals surface area contributed by atoms with Crippen LogP contribution < -0.4 is 5.32 Å². The van der Waals surface area contributed by atoms with Crippen molar-refractivity contribution in [3.8, 4) is 0 Å². The second-order valence-corrected chi connectivity index (χ2v) is 4.95. The first-order chi connectivity index (χ1) is 7.45. The van der Waals surface area contributed by atoms with Crippen LogP contribution in [0.4, 0.5) is 0 Å². The maximum atomic E-state index is 3.50. The average Bonchev–Trinajstić information content (AvgIpc) is 2.82. The van der Waals surface area contributed by atoms with Crippen molar-refractivity contribution in [2.75, 3.05) is 13.1 Å². The zero-order chi connectivity index (χ0) is 10.1. The quantitative estimate of drug-likeness (QED) is 0.736. The van der Waals surface area contributed by atoms with Gasteiger partial charge in [-0.1, -0.05) is 24.3 Å². The molecule has 1 nitrogen and oxygen atoms in total. The van der Waals surface area contributed by atoms with Crippen molar-refractivity contribution in [3.63, 3.8) is 0 Å². The van der Waals surface area contributed by atoms with Crippen molar-refractivity contribution in [1.82, 2.24) is 5.32 Å². The fourth-order valence-electron chi connectivity index (χ4n) is 3.30. The topological polar surface area (TPSA) is 12.0 Å². The molecule has 0 radical (unpaired) electrons. The zero-order valence-corrected chi connectivity index (χ0v) is 9.21. The van der Waals surface area contributed by atoms with Gasteiger partial charge in [-0.3, -0.25) is 0 Å². The largest absolute Gasteiger partial charge is 0.316 e. The number of fused-ring (bicyclic) bond motifs is 1. The molecule has 15 heavy (non-hydrogen) atoms. The molecule has 1 aromatic rings. The molecule has 2 atom stereocenters. The summed E-state index contributed by atoms with van der Waals surface area (Å²) in [5.41, 5.74) is 3.26. The summed E-state index contributed by atoms with van der Waals surface area (Å²) >= 11 is 0. The highest BCUT2D eigenvalue weighted by Gasteiger charge is 2.29. The highest BCUT2D eigenvalue weighted by molar-refractivity contribution is 5.33. The molecule has 80 valence electrons. The zero-order valence-electron chi connectivity index (χ0n) is 9.21. The van der Waals surface area contributed by atoms with E-state index in [2.05, 4.69) is 29.6 Å². The summed E-state index contributed by atoms with van der Waals surface area (Å²) in [6.07, 6.45) is 5.47. The summed E-state index contributed by atoms with van der Waals surface area (Å²) in [6, 6.07) is 9.08. The van der Waals surface area contributed by atoms with E-state index in [0.717, 1.165) is 11.8 Å². The van der Waals surface area contributed by atoms with Gasteiger partial charge in [-0.2, -0.15) is 0 Å². The van der Waals surface area contributed by atoms with Crippen LogP contribution in [-0.4, -0.2) is 13.1 Å². The molecule has 0 amide bonds. The number of aryl methyl sites for hydroxylation is 1. The highest BCUT2D eigenvalue weighted by Crippen LogP contribution is 2.38. The molecule has 1 N–H and O–H groups in total. The van der Waals surface area contributed by atoms with Crippen LogP contribution >= 0.6 is 0 Å². The van der Waals surface area contributed by atoms with Gasteiger partial charge < -0.3 is 5.32 Å². The molecule has 1 aromatic carbocycles. The Morgan fingerprint density at radius 1 is 1.13 bits per heavy atom. The third kappa shape index (κ3) is 1.69. The Hall–Kier alpha value is -0.820. The number of hydrogen-bond donors (Lipinski definition) is 1. The number of rotatable bonds is 1. The molecule has 1 heteroatoms. The minimum atomic E-state index is 0.838. The molecule has 1 heterocycles. The second kappa shape index (κ2) is 3.97. The minimum Gasteiger partial charge on any atom is -0.316 e. The first kappa shape index (κ1) is 9.41. The van der Waals surface area contributed by atoms with Gasteiger partial charge in [0, 0.05) is 0 Å². The van der Waals surface area contributed by atoms with Gasteiger partial charge >= 0.3 is 0 Å². The maximum Gasteiger partial charge on any atom is -0.00142 e. The van der Waals surface area contributed by atoms with Crippen LogP contribution in [0.2, 0.25) is 0 Å². The first-order valence-electron chi connectivity index (χ1n) is 6.23. The van der Waals surface area contributed by atoms with Gasteiger partial charge in [-0.25, -0.2) is 0 Å². The summed E-state index contributed by atoms with van der Waals surface area (Å²) in [7, 11) is 0. The van der Waals surface area contributed by atoms with Crippen LogP contribution in [0.15, 0.2) is 24.3 Å². The lowest BCUT2D eigenvalue weighted by Crippen LogP contribution is -2.20. The Bertz CT molecular complexity index is 339. The highest BCUT2D eigenvalue weighted by atomic mass is 14.9. The molecule has 0 spiro atoms. The fourth-order valence-corrected chi connectivity index (χ4v) is 3.30. The van der Waals surface area contributed by atoms with Crippen molar-refractivity contribution >= 4 is 0 Å². The summed E-state index contributed by atoms with van der Waals surface area (Å²) in [5.74, 6) is 1.73. The van der Waals surface area contributed by atoms with E-state index in [-0.39, 0.29) is 0 Å². The third-order valence-electron chi connectivity index (χ3n) is 4.08. The molecule has 0 saturated carbocycles. The van der Waals surface area contributed by atoms with Crippen molar-refractivity contribution in [2.24, 2.45) is 5.92 Å². The molecule has 2 unspecified atom stereocenters. The lowest BCUT2D eigenvalue weighted by atomic mass is 9.75. The maximum absolute atomic E-state index is 3.50. The Labute approximate surface area is 91.9 Å². The van der Waals surface area contributed by atoms with Gasteiger partial charge in [0.05, 0.1) is 0 Å². The minimum absolute atomic E-state index is 0.838. The Balaban J connectivity index is 1.91. The Kier molecular flexibility index (Phi) is 2.49. The van der Waals surface area contributed by atoms with Gasteiger partial charge in [-0.05, 0) is 61.7 Å². The SMILES string of the molecule is c1ccc2c(c1)CCCC2C1CCNC1. The lowest BCUT2D eigenvalue weighted by Gasteiger charge is -2.29. The van der Waals surface area contributed by atoms with Gasteiger partial charge in [0.15, 0.2) is 0 Å². The number of hydrogen-bond acceptors (Lipinski definition) is 1. The van der Waals surface area contributed by atoms with Gasteiger partial charge in [0.2, 0.25) is 0 Å². The van der Waals surface area contributed by atoms with Gasteiger partial charge in [0.1, 0.15) is 0 Å². The number of nitrogens with one attached hydrogen (secondary N) is 1. The first-order valence-corrected chi connectivity index (χ1v) is 6.23. The van der Waals surface area contributed by atoms with Crippen LogP contribution in [0, 0.1) is 5.92 Å². The van der Waals surface area contributed by atoms with E-state index < -0.39 is 0 Å². The number of benzene rings is 1. The summed E-state index contributed by atoms with van der Waals surface area (Å²) in [5, 5.41) is 3.50. The monoisotopic (exact) mass is 201 g/mol. The van der Waals surface area contributed by atoms with Crippen LogP contribution in [0.1, 0.15) is 36.3 Å². The van der Waals surface area contributed by atoms with Crippen molar-refractivity contribution < 1.29 is 0 Å². The van der Waals surface area contributed by atoms with E-state index in [4.69, 9.17) is 0 Å². The average molecular weight is 201 g/mol. The van der Waals surface area contributed by atoms with Gasteiger partial charge in [0.25, 0.3) is 0 Å². The van der Waals surface area contributed by atoms with Crippen LogP contribution in [0.5, 0.6) is 0 Å².